The van der Waals surface area contributed by atoms with E-state index < -0.39 is 23.8 Å². The molecule has 10 nitrogen and oxygen atoms in total. The summed E-state index contributed by atoms with van der Waals surface area (Å²) in [6.45, 7) is 2.73. The highest BCUT2D eigenvalue weighted by atomic mass is 16.2. The van der Waals surface area contributed by atoms with Gasteiger partial charge in [0.1, 0.15) is 6.04 Å². The fourth-order valence-electron chi connectivity index (χ4n) is 6.04. The molecule has 1 aromatic carbocycles. The molecule has 10 heteroatoms. The van der Waals surface area contributed by atoms with Crippen LogP contribution in [0.15, 0.2) is 47.1 Å². The Morgan fingerprint density at radius 3 is 2.62 bits per heavy atom. The molecule has 4 aliphatic rings. The molecule has 2 aliphatic carbocycles. The van der Waals surface area contributed by atoms with Gasteiger partial charge in [-0.2, -0.15) is 0 Å². The predicted octanol–water partition coefficient (Wildman–Crippen LogP) is 3.61. The summed E-state index contributed by atoms with van der Waals surface area (Å²) in [5.74, 6) is -0.911. The van der Waals surface area contributed by atoms with Crippen molar-refractivity contribution in [1.29, 1.82) is 0 Å². The van der Waals surface area contributed by atoms with Gasteiger partial charge < -0.3 is 11.1 Å². The number of anilines is 1. The number of aliphatic imine (C=N–C) groups is 1. The SMILES string of the molecule is Cc1cccc(C(C=NC2CC(CCCNc3ccc4c(c3)C(=O)N(C3CCC(=O)NC3=O)C4=O)C2)=C(N)C2CC2)n1. The van der Waals surface area contributed by atoms with E-state index in [2.05, 4.69) is 15.6 Å². The lowest BCUT2D eigenvalue weighted by Gasteiger charge is -2.32. The first kappa shape index (κ1) is 27.8. The summed E-state index contributed by atoms with van der Waals surface area (Å²) in [5.41, 5.74) is 11.5. The lowest BCUT2D eigenvalue weighted by Crippen LogP contribution is -2.54. The van der Waals surface area contributed by atoms with Gasteiger partial charge >= 0.3 is 0 Å². The van der Waals surface area contributed by atoms with Crippen molar-refractivity contribution in [2.45, 2.75) is 70.4 Å². The van der Waals surface area contributed by atoms with E-state index in [1.807, 2.05) is 31.3 Å². The van der Waals surface area contributed by atoms with Gasteiger partial charge in [0, 0.05) is 41.8 Å². The zero-order chi connectivity index (χ0) is 29.4. The normalized spacial score (nSPS) is 24.4. The zero-order valence-corrected chi connectivity index (χ0v) is 23.8. The third kappa shape index (κ3) is 5.70. The van der Waals surface area contributed by atoms with E-state index >= 15 is 0 Å². The molecular weight excluding hydrogens is 532 g/mol. The van der Waals surface area contributed by atoms with Crippen LogP contribution in [0.3, 0.4) is 0 Å². The molecule has 0 radical (unpaired) electrons. The number of nitrogens with zero attached hydrogens (tertiary/aromatic N) is 3. The first-order valence-corrected chi connectivity index (χ1v) is 14.8. The Morgan fingerprint density at radius 2 is 1.88 bits per heavy atom. The average molecular weight is 569 g/mol. The Balaban J connectivity index is 0.973. The summed E-state index contributed by atoms with van der Waals surface area (Å²) in [5, 5.41) is 5.58. The van der Waals surface area contributed by atoms with Gasteiger partial charge in [-0.25, -0.2) is 0 Å². The van der Waals surface area contributed by atoms with Gasteiger partial charge in [-0.1, -0.05) is 6.07 Å². The second-order valence-corrected chi connectivity index (χ2v) is 11.9. The van der Waals surface area contributed by atoms with Crippen LogP contribution in [0.1, 0.15) is 83.5 Å². The number of carbonyl (C=O) groups is 4. The number of aromatic nitrogens is 1. The molecule has 1 saturated heterocycles. The van der Waals surface area contributed by atoms with Crippen molar-refractivity contribution in [2.75, 3.05) is 11.9 Å². The molecule has 4 amide bonds. The lowest BCUT2D eigenvalue weighted by atomic mass is 9.78. The molecule has 0 bridgehead atoms. The van der Waals surface area contributed by atoms with Crippen molar-refractivity contribution in [1.82, 2.24) is 15.2 Å². The Morgan fingerprint density at radius 1 is 1.10 bits per heavy atom. The van der Waals surface area contributed by atoms with E-state index in [9.17, 15) is 19.2 Å². The first-order chi connectivity index (χ1) is 20.3. The number of carbonyl (C=O) groups excluding carboxylic acids is 4. The van der Waals surface area contributed by atoms with Crippen LogP contribution in [0.4, 0.5) is 5.69 Å². The molecule has 42 heavy (non-hydrogen) atoms. The Labute approximate surface area is 244 Å². The van der Waals surface area contributed by atoms with E-state index in [-0.39, 0.29) is 29.9 Å². The van der Waals surface area contributed by atoms with Crippen molar-refractivity contribution < 1.29 is 19.2 Å². The topological polar surface area (TPSA) is 147 Å². The molecule has 3 fully saturated rings. The summed E-state index contributed by atoms with van der Waals surface area (Å²) >= 11 is 0. The Hall–Kier alpha value is -4.34. The molecule has 6 rings (SSSR count). The molecule has 218 valence electrons. The van der Waals surface area contributed by atoms with Gasteiger partial charge in [-0.05, 0) is 94.0 Å². The number of nitrogens with one attached hydrogen (secondary N) is 2. The fraction of sp³-hybridized carbons (Fsp3) is 0.438. The number of pyridine rings is 1. The highest BCUT2D eigenvalue weighted by Crippen LogP contribution is 2.38. The smallest absolute Gasteiger partial charge is 0.262 e. The minimum Gasteiger partial charge on any atom is -0.401 e. The van der Waals surface area contributed by atoms with Crippen LogP contribution in [-0.2, 0) is 9.59 Å². The van der Waals surface area contributed by atoms with Crippen molar-refractivity contribution in [3.05, 3.63) is 64.6 Å². The minimum atomic E-state index is -0.959. The van der Waals surface area contributed by atoms with Crippen molar-refractivity contribution in [3.63, 3.8) is 0 Å². The number of imide groups is 2. The highest BCUT2D eigenvalue weighted by molar-refractivity contribution is 6.23. The number of fused-ring (bicyclic) bond motifs is 1. The quantitative estimate of drug-likeness (QED) is 0.225. The van der Waals surface area contributed by atoms with E-state index in [0.29, 0.717) is 17.9 Å². The number of nitrogens with two attached hydrogens (primary N) is 1. The summed E-state index contributed by atoms with van der Waals surface area (Å²) in [6, 6.07) is 10.4. The molecule has 3 heterocycles. The van der Waals surface area contributed by atoms with Crippen LogP contribution in [-0.4, -0.2) is 58.4 Å². The van der Waals surface area contributed by atoms with Crippen LogP contribution in [0.5, 0.6) is 0 Å². The first-order valence-electron chi connectivity index (χ1n) is 14.8. The zero-order valence-electron chi connectivity index (χ0n) is 23.8. The second-order valence-electron chi connectivity index (χ2n) is 11.9. The van der Waals surface area contributed by atoms with E-state index in [1.165, 1.54) is 0 Å². The highest BCUT2D eigenvalue weighted by Gasteiger charge is 2.44. The fourth-order valence-corrected chi connectivity index (χ4v) is 6.04. The molecule has 1 atom stereocenters. The maximum atomic E-state index is 13.0. The average Bonchev–Trinajstić information content (AvgIpc) is 3.76. The van der Waals surface area contributed by atoms with Crippen LogP contribution in [0, 0.1) is 18.8 Å². The van der Waals surface area contributed by atoms with E-state index in [1.54, 1.807) is 18.2 Å². The molecule has 4 N–H and O–H groups in total. The Kier molecular flexibility index (Phi) is 7.62. The van der Waals surface area contributed by atoms with Crippen LogP contribution >= 0.6 is 0 Å². The van der Waals surface area contributed by atoms with Gasteiger partial charge in [0.05, 0.1) is 22.9 Å². The van der Waals surface area contributed by atoms with Gasteiger partial charge in [0.15, 0.2) is 0 Å². The maximum absolute atomic E-state index is 13.0. The monoisotopic (exact) mass is 568 g/mol. The largest absolute Gasteiger partial charge is 0.401 e. The molecule has 2 aromatic rings. The van der Waals surface area contributed by atoms with Crippen LogP contribution in [0.2, 0.25) is 0 Å². The number of piperidine rings is 1. The van der Waals surface area contributed by atoms with E-state index in [4.69, 9.17) is 10.7 Å². The van der Waals surface area contributed by atoms with Crippen LogP contribution < -0.4 is 16.4 Å². The number of aryl methyl sites for hydroxylation is 1. The molecule has 2 saturated carbocycles. The van der Waals surface area contributed by atoms with E-state index in [0.717, 1.165) is 78.3 Å². The number of hydrogen-bond donors (Lipinski definition) is 3. The molecule has 0 spiro atoms. The lowest BCUT2D eigenvalue weighted by molar-refractivity contribution is -0.136. The summed E-state index contributed by atoms with van der Waals surface area (Å²) in [6.07, 6.45) is 8.62. The van der Waals surface area contributed by atoms with Gasteiger partial charge in [-0.3, -0.25) is 39.4 Å². The number of rotatable bonds is 10. The summed E-state index contributed by atoms with van der Waals surface area (Å²) < 4.78 is 0. The van der Waals surface area contributed by atoms with Gasteiger partial charge in [-0.15, -0.1) is 0 Å². The number of benzene rings is 1. The number of amides is 4. The van der Waals surface area contributed by atoms with Crippen molar-refractivity contribution in [3.8, 4) is 0 Å². The van der Waals surface area contributed by atoms with Crippen molar-refractivity contribution >= 4 is 41.1 Å². The molecular formula is C32H36N6O4. The maximum Gasteiger partial charge on any atom is 0.262 e. The number of hydrogen-bond acceptors (Lipinski definition) is 8. The van der Waals surface area contributed by atoms with Crippen LogP contribution in [0.25, 0.3) is 5.57 Å². The van der Waals surface area contributed by atoms with Gasteiger partial charge in [0.2, 0.25) is 11.8 Å². The molecule has 1 aromatic heterocycles. The number of allylic oxidation sites excluding steroid dienone is 2. The molecule has 1 unspecified atom stereocenters. The Bertz CT molecular complexity index is 1500. The second kappa shape index (κ2) is 11.5. The summed E-state index contributed by atoms with van der Waals surface area (Å²) in [4.78, 5) is 60.2. The molecule has 2 aliphatic heterocycles. The van der Waals surface area contributed by atoms with Crippen molar-refractivity contribution in [2.24, 2.45) is 22.6 Å². The third-order valence-electron chi connectivity index (χ3n) is 8.68. The third-order valence-corrected chi connectivity index (χ3v) is 8.68. The minimum absolute atomic E-state index is 0.0999. The predicted molar refractivity (Wildman–Crippen MR) is 159 cm³/mol. The standard InChI is InChI=1S/C32H36N6O4/c1-18-4-2-6-26(36-18)25(29(33)20-7-8-20)17-35-22-14-19(15-22)5-3-13-34-21-9-10-23-24(16-21)32(42)38(31(23)41)27-11-12-28(39)37-30(27)40/h2,4,6,9-10,16-17,19-20,22,27,34H,3,5,7-8,11-15,33H2,1H3,(H,37,39,40). The van der Waals surface area contributed by atoms with Gasteiger partial charge in [0.25, 0.3) is 11.8 Å². The summed E-state index contributed by atoms with van der Waals surface area (Å²) in [7, 11) is 0.